The number of nitrogens with zero attached hydrogens (tertiary/aromatic N) is 1. The summed E-state index contributed by atoms with van der Waals surface area (Å²) in [6.45, 7) is 3.98. The number of fused-ring (bicyclic) bond motifs is 1. The van der Waals surface area contributed by atoms with Gasteiger partial charge in [0.15, 0.2) is 17.1 Å². The third-order valence-electron chi connectivity index (χ3n) is 4.29. The van der Waals surface area contributed by atoms with Gasteiger partial charge in [-0.3, -0.25) is 14.5 Å². The van der Waals surface area contributed by atoms with Gasteiger partial charge in [0, 0.05) is 26.1 Å². The zero-order valence-corrected chi connectivity index (χ0v) is 13.4. The number of methoxy groups -OCH3 is 1. The maximum Gasteiger partial charge on any atom is 0.317 e. The van der Waals surface area contributed by atoms with Gasteiger partial charge in [0.25, 0.3) is 0 Å². The number of piperidine rings is 1. The molecule has 2 aliphatic heterocycles. The summed E-state index contributed by atoms with van der Waals surface area (Å²) >= 11 is 0. The van der Waals surface area contributed by atoms with E-state index in [9.17, 15) is 9.59 Å². The lowest BCUT2D eigenvalue weighted by atomic mass is 9.95. The number of hydrogen-bond donors (Lipinski definition) is 0. The molecule has 2 unspecified atom stereocenters. The lowest BCUT2D eigenvalue weighted by Crippen LogP contribution is -2.55. The highest BCUT2D eigenvalue weighted by molar-refractivity contribution is 5.99. The largest absolute Gasteiger partial charge is 0.485 e. The van der Waals surface area contributed by atoms with Crippen molar-refractivity contribution in [3.05, 3.63) is 24.3 Å². The topological polar surface area (TPSA) is 65.1 Å². The van der Waals surface area contributed by atoms with Gasteiger partial charge in [-0.25, -0.2) is 0 Å². The molecule has 124 valence electrons. The number of hydrogen-bond acceptors (Lipinski definition) is 6. The van der Waals surface area contributed by atoms with Crippen LogP contribution in [0.25, 0.3) is 0 Å². The summed E-state index contributed by atoms with van der Waals surface area (Å²) < 4.78 is 16.6. The average molecular weight is 319 g/mol. The minimum absolute atomic E-state index is 0.0515. The van der Waals surface area contributed by atoms with E-state index in [2.05, 4.69) is 4.90 Å². The number of rotatable bonds is 3. The molecule has 0 amide bonds. The fraction of sp³-hybridized carbons (Fsp3) is 0.529. The molecule has 1 aromatic carbocycles. The van der Waals surface area contributed by atoms with Crippen molar-refractivity contribution in [1.82, 2.24) is 4.90 Å². The zero-order valence-electron chi connectivity index (χ0n) is 13.4. The Kier molecular flexibility index (Phi) is 4.26. The molecule has 0 aromatic heterocycles. The Morgan fingerprint density at radius 2 is 2.13 bits per heavy atom. The number of benzene rings is 1. The number of esters is 1. The van der Waals surface area contributed by atoms with Crippen molar-refractivity contribution in [2.24, 2.45) is 5.92 Å². The molecule has 2 heterocycles. The Morgan fingerprint density at radius 3 is 2.87 bits per heavy atom. The van der Waals surface area contributed by atoms with Gasteiger partial charge in [0.1, 0.15) is 18.3 Å². The molecule has 0 saturated carbocycles. The predicted molar refractivity (Wildman–Crippen MR) is 82.5 cm³/mol. The molecule has 0 spiro atoms. The van der Waals surface area contributed by atoms with Crippen LogP contribution in [-0.4, -0.2) is 55.6 Å². The van der Waals surface area contributed by atoms with E-state index in [-0.39, 0.29) is 5.78 Å². The molecule has 0 radical (unpaired) electrons. The number of carbonyl (C=O) groups excluding carboxylic acids is 2. The van der Waals surface area contributed by atoms with Crippen molar-refractivity contribution in [3.8, 4) is 11.5 Å². The van der Waals surface area contributed by atoms with Crippen molar-refractivity contribution in [2.45, 2.75) is 18.9 Å². The Balaban J connectivity index is 1.67. The van der Waals surface area contributed by atoms with Crippen LogP contribution in [0.4, 0.5) is 0 Å². The highest BCUT2D eigenvalue weighted by Gasteiger charge is 2.39. The van der Waals surface area contributed by atoms with E-state index in [0.717, 1.165) is 11.5 Å². The van der Waals surface area contributed by atoms with Crippen LogP contribution < -0.4 is 9.47 Å². The summed E-state index contributed by atoms with van der Waals surface area (Å²) in [6, 6.07) is 7.56. The second-order valence-corrected chi connectivity index (χ2v) is 6.31. The van der Waals surface area contributed by atoms with Crippen molar-refractivity contribution in [2.75, 3.05) is 33.4 Å². The lowest BCUT2D eigenvalue weighted by molar-refractivity contribution is -0.152. The van der Waals surface area contributed by atoms with Crippen LogP contribution in [0.1, 0.15) is 13.3 Å². The quantitative estimate of drug-likeness (QED) is 0.618. The molecule has 2 aliphatic rings. The summed E-state index contributed by atoms with van der Waals surface area (Å²) in [5.41, 5.74) is -0.518. The van der Waals surface area contributed by atoms with Crippen LogP contribution in [0.15, 0.2) is 24.3 Å². The first kappa shape index (κ1) is 15.8. The highest BCUT2D eigenvalue weighted by Crippen LogP contribution is 2.35. The fourth-order valence-corrected chi connectivity index (χ4v) is 3.12. The van der Waals surface area contributed by atoms with E-state index in [4.69, 9.17) is 14.2 Å². The minimum Gasteiger partial charge on any atom is -0.485 e. The van der Waals surface area contributed by atoms with Crippen molar-refractivity contribution >= 4 is 11.8 Å². The summed E-state index contributed by atoms with van der Waals surface area (Å²) in [4.78, 5) is 25.7. The first-order chi connectivity index (χ1) is 11.0. The zero-order chi connectivity index (χ0) is 16.4. The normalized spacial score (nSPS) is 27.6. The van der Waals surface area contributed by atoms with Gasteiger partial charge in [-0.15, -0.1) is 0 Å². The molecule has 1 fully saturated rings. The van der Waals surface area contributed by atoms with Crippen LogP contribution in [0, 0.1) is 5.92 Å². The molecular weight excluding hydrogens is 298 g/mol. The van der Waals surface area contributed by atoms with E-state index < -0.39 is 17.5 Å². The number of likely N-dealkylation sites (tertiary alicyclic amines) is 1. The molecule has 0 bridgehead atoms. The number of ether oxygens (including phenoxy) is 3. The van der Waals surface area contributed by atoms with Gasteiger partial charge in [-0.2, -0.15) is 0 Å². The van der Waals surface area contributed by atoms with E-state index in [1.165, 1.54) is 7.11 Å². The third-order valence-corrected chi connectivity index (χ3v) is 4.29. The number of para-hydroxylation sites is 2. The molecule has 0 N–H and O–H groups in total. The van der Waals surface area contributed by atoms with Gasteiger partial charge >= 0.3 is 5.97 Å². The van der Waals surface area contributed by atoms with Crippen LogP contribution >= 0.6 is 0 Å². The van der Waals surface area contributed by atoms with Crippen molar-refractivity contribution in [1.29, 1.82) is 0 Å². The fourth-order valence-electron chi connectivity index (χ4n) is 3.12. The molecule has 6 nitrogen and oxygen atoms in total. The van der Waals surface area contributed by atoms with Crippen molar-refractivity contribution < 1.29 is 23.8 Å². The van der Waals surface area contributed by atoms with Crippen LogP contribution in [-0.2, 0) is 14.3 Å². The molecular formula is C17H21NO5. The highest BCUT2D eigenvalue weighted by atomic mass is 16.6. The molecule has 23 heavy (non-hydrogen) atoms. The smallest absolute Gasteiger partial charge is 0.317 e. The van der Waals surface area contributed by atoms with Gasteiger partial charge in [0.05, 0.1) is 7.11 Å². The maximum atomic E-state index is 11.9. The molecule has 1 saturated heterocycles. The van der Waals surface area contributed by atoms with E-state index in [0.29, 0.717) is 32.7 Å². The molecule has 1 aromatic rings. The Labute approximate surface area is 135 Å². The SMILES string of the molecule is COC(=O)C1CN(CC2(C)COc3ccccc3O2)CCC1=O. The van der Waals surface area contributed by atoms with E-state index in [1.807, 2.05) is 31.2 Å². The van der Waals surface area contributed by atoms with Gasteiger partial charge < -0.3 is 14.2 Å². The van der Waals surface area contributed by atoms with E-state index in [1.54, 1.807) is 0 Å². The maximum absolute atomic E-state index is 11.9. The molecule has 3 rings (SSSR count). The van der Waals surface area contributed by atoms with Gasteiger partial charge in [-0.1, -0.05) is 12.1 Å². The summed E-state index contributed by atoms with van der Waals surface area (Å²) in [7, 11) is 1.31. The Morgan fingerprint density at radius 1 is 1.39 bits per heavy atom. The second-order valence-electron chi connectivity index (χ2n) is 6.31. The van der Waals surface area contributed by atoms with Crippen LogP contribution in [0.2, 0.25) is 0 Å². The predicted octanol–water partition coefficient (Wildman–Crippen LogP) is 1.28. The van der Waals surface area contributed by atoms with Crippen molar-refractivity contribution in [3.63, 3.8) is 0 Å². The Bertz CT molecular complexity index is 609. The standard InChI is InChI=1S/C17H21NO5/c1-17(11-22-14-5-3-4-6-15(14)23-17)10-18-8-7-13(19)12(9-18)16(20)21-2/h3-6,12H,7-11H2,1-2H3. The van der Waals surface area contributed by atoms with Crippen LogP contribution in [0.5, 0.6) is 11.5 Å². The van der Waals surface area contributed by atoms with E-state index >= 15 is 0 Å². The molecule has 0 aliphatic carbocycles. The monoisotopic (exact) mass is 319 g/mol. The van der Waals surface area contributed by atoms with Crippen LogP contribution in [0.3, 0.4) is 0 Å². The van der Waals surface area contributed by atoms with Gasteiger partial charge in [0.2, 0.25) is 0 Å². The first-order valence-electron chi connectivity index (χ1n) is 7.74. The first-order valence-corrected chi connectivity index (χ1v) is 7.74. The number of Topliss-reactive ketones (excluding diaryl/α,β-unsaturated/α-hetero) is 1. The minimum atomic E-state index is -0.700. The number of ketones is 1. The molecule has 6 heteroatoms. The summed E-state index contributed by atoms with van der Waals surface area (Å²) in [5.74, 6) is 0.250. The Hall–Kier alpha value is -2.08. The summed E-state index contributed by atoms with van der Waals surface area (Å²) in [5, 5.41) is 0. The van der Waals surface area contributed by atoms with Gasteiger partial charge in [-0.05, 0) is 19.1 Å². The number of carbonyl (C=O) groups is 2. The average Bonchev–Trinajstić information content (AvgIpc) is 2.55. The third kappa shape index (κ3) is 3.32. The lowest BCUT2D eigenvalue weighted by Gasteiger charge is -2.40. The molecule has 2 atom stereocenters. The second kappa shape index (κ2) is 6.20. The summed E-state index contributed by atoms with van der Waals surface area (Å²) in [6.07, 6.45) is 0.354.